The number of hydrogen-bond donors (Lipinski definition) is 1. The summed E-state index contributed by atoms with van der Waals surface area (Å²) in [4.78, 5) is 27.7. The number of rotatable bonds is 3. The zero-order chi connectivity index (χ0) is 20.7. The molecule has 0 aliphatic carbocycles. The van der Waals surface area contributed by atoms with Gasteiger partial charge in [-0.25, -0.2) is 0 Å². The minimum atomic E-state index is -0.446. The van der Waals surface area contributed by atoms with E-state index in [1.54, 1.807) is 29.2 Å². The van der Waals surface area contributed by atoms with Gasteiger partial charge in [0.05, 0.1) is 18.2 Å². The van der Waals surface area contributed by atoms with Crippen LogP contribution < -0.4 is 14.8 Å². The Kier molecular flexibility index (Phi) is 4.72. The predicted molar refractivity (Wildman–Crippen MR) is 108 cm³/mol. The van der Waals surface area contributed by atoms with Crippen LogP contribution in [0.2, 0.25) is 5.02 Å². The van der Waals surface area contributed by atoms with Gasteiger partial charge >= 0.3 is 0 Å². The van der Waals surface area contributed by atoms with Gasteiger partial charge < -0.3 is 28.8 Å². The molecule has 3 heterocycles. The van der Waals surface area contributed by atoms with Gasteiger partial charge in [-0.2, -0.15) is 0 Å². The zero-order valence-corrected chi connectivity index (χ0v) is 16.5. The fraction of sp³-hybridized carbons (Fsp3) is 0.238. The molecule has 1 N–H and O–H groups in total. The number of hydrogen-bond acceptors (Lipinski definition) is 6. The molecule has 0 saturated carbocycles. The van der Waals surface area contributed by atoms with Gasteiger partial charge in [0, 0.05) is 24.0 Å². The molecule has 1 fully saturated rings. The van der Waals surface area contributed by atoms with E-state index in [0.29, 0.717) is 54.5 Å². The number of nitrogens with one attached hydrogen (secondary N) is 1. The van der Waals surface area contributed by atoms with Gasteiger partial charge in [-0.3, -0.25) is 9.59 Å². The third kappa shape index (κ3) is 3.24. The summed E-state index contributed by atoms with van der Waals surface area (Å²) in [7, 11) is 0. The van der Waals surface area contributed by atoms with Crippen molar-refractivity contribution < 1.29 is 28.2 Å². The molecule has 0 bridgehead atoms. The molecule has 1 saturated heterocycles. The Morgan fingerprint density at radius 1 is 1.07 bits per heavy atom. The van der Waals surface area contributed by atoms with Gasteiger partial charge in [0.25, 0.3) is 11.8 Å². The monoisotopic (exact) mass is 428 g/mol. The number of halogens is 1. The highest BCUT2D eigenvalue weighted by Gasteiger charge is 2.28. The lowest BCUT2D eigenvalue weighted by Crippen LogP contribution is -2.40. The average molecular weight is 429 g/mol. The molecular formula is C21H17ClN2O6. The third-order valence-corrected chi connectivity index (χ3v) is 5.30. The topological polar surface area (TPSA) is 90.2 Å². The fourth-order valence-electron chi connectivity index (χ4n) is 3.51. The number of benzene rings is 2. The van der Waals surface area contributed by atoms with E-state index < -0.39 is 5.91 Å². The Hall–Kier alpha value is -3.23. The standard InChI is InChI=1S/C21H17ClN2O6/c22-14-9-12(10-16-18(14)29-11-28-16)20(25)23-17-13-3-1-2-4-15(13)30-19(17)21(26)24-5-7-27-8-6-24/h1-4,9-10H,5-8,11H2,(H,23,25). The largest absolute Gasteiger partial charge is 0.454 e. The lowest BCUT2D eigenvalue weighted by Gasteiger charge is -2.26. The van der Waals surface area contributed by atoms with E-state index in [1.807, 2.05) is 6.07 Å². The molecule has 0 spiro atoms. The molecule has 2 aromatic carbocycles. The maximum absolute atomic E-state index is 13.1. The second-order valence-corrected chi connectivity index (χ2v) is 7.26. The number of furan rings is 1. The number of carbonyl (C=O) groups excluding carboxylic acids is 2. The van der Waals surface area contributed by atoms with Crippen LogP contribution in [0.15, 0.2) is 40.8 Å². The molecule has 3 aromatic rings. The van der Waals surface area contributed by atoms with Crippen LogP contribution in [-0.4, -0.2) is 49.8 Å². The van der Waals surface area contributed by atoms with Crippen molar-refractivity contribution in [2.24, 2.45) is 0 Å². The highest BCUT2D eigenvalue weighted by molar-refractivity contribution is 6.33. The first-order chi connectivity index (χ1) is 14.6. The van der Waals surface area contributed by atoms with Gasteiger partial charge in [-0.15, -0.1) is 0 Å². The highest BCUT2D eigenvalue weighted by Crippen LogP contribution is 2.40. The van der Waals surface area contributed by atoms with Crippen molar-refractivity contribution in [3.63, 3.8) is 0 Å². The third-order valence-electron chi connectivity index (χ3n) is 5.02. The number of ether oxygens (including phenoxy) is 3. The molecule has 9 heteroatoms. The van der Waals surface area contributed by atoms with E-state index in [2.05, 4.69) is 5.32 Å². The molecule has 30 heavy (non-hydrogen) atoms. The molecule has 0 unspecified atom stereocenters. The van der Waals surface area contributed by atoms with Gasteiger partial charge in [-0.05, 0) is 24.3 Å². The summed E-state index contributed by atoms with van der Waals surface area (Å²) in [5.74, 6) is 0.143. The first-order valence-electron chi connectivity index (χ1n) is 9.41. The lowest BCUT2D eigenvalue weighted by atomic mass is 10.1. The highest BCUT2D eigenvalue weighted by atomic mass is 35.5. The van der Waals surface area contributed by atoms with Crippen molar-refractivity contribution in [3.8, 4) is 11.5 Å². The predicted octanol–water partition coefficient (Wildman–Crippen LogP) is 3.54. The molecule has 8 nitrogen and oxygen atoms in total. The first-order valence-corrected chi connectivity index (χ1v) is 9.78. The Morgan fingerprint density at radius 3 is 2.70 bits per heavy atom. The van der Waals surface area contributed by atoms with E-state index in [0.717, 1.165) is 0 Å². The molecule has 2 amide bonds. The van der Waals surface area contributed by atoms with Crippen molar-refractivity contribution in [2.75, 3.05) is 38.4 Å². The average Bonchev–Trinajstić information content (AvgIpc) is 3.39. The molecular weight excluding hydrogens is 412 g/mol. The maximum Gasteiger partial charge on any atom is 0.291 e. The van der Waals surface area contributed by atoms with Crippen LogP contribution in [0.3, 0.4) is 0 Å². The maximum atomic E-state index is 13.1. The number of nitrogens with zero attached hydrogens (tertiary/aromatic N) is 1. The van der Waals surface area contributed by atoms with Crippen LogP contribution in [-0.2, 0) is 4.74 Å². The molecule has 2 aliphatic rings. The van der Waals surface area contributed by atoms with Crippen molar-refractivity contribution >= 4 is 40.1 Å². The van der Waals surface area contributed by atoms with E-state index >= 15 is 0 Å². The summed E-state index contributed by atoms with van der Waals surface area (Å²) >= 11 is 6.20. The smallest absolute Gasteiger partial charge is 0.291 e. The normalized spacial score (nSPS) is 15.4. The first kappa shape index (κ1) is 18.8. The molecule has 0 atom stereocenters. The summed E-state index contributed by atoms with van der Waals surface area (Å²) in [6.45, 7) is 1.89. The van der Waals surface area contributed by atoms with Crippen LogP contribution in [0.1, 0.15) is 20.9 Å². The van der Waals surface area contributed by atoms with Crippen molar-refractivity contribution in [1.29, 1.82) is 0 Å². The van der Waals surface area contributed by atoms with Gasteiger partial charge in [0.15, 0.2) is 11.5 Å². The number of fused-ring (bicyclic) bond motifs is 2. The SMILES string of the molecule is O=C(Nc1c(C(=O)N2CCOCC2)oc2ccccc12)c1cc(Cl)c2c(c1)OCO2. The number of para-hydroxylation sites is 1. The van der Waals surface area contributed by atoms with Gasteiger partial charge in [0.1, 0.15) is 11.3 Å². The fourth-order valence-corrected chi connectivity index (χ4v) is 3.78. The minimum absolute atomic E-state index is 0.0463. The van der Waals surface area contributed by atoms with E-state index in [4.69, 9.17) is 30.2 Å². The summed E-state index contributed by atoms with van der Waals surface area (Å²) in [5.41, 5.74) is 1.10. The van der Waals surface area contributed by atoms with E-state index in [9.17, 15) is 9.59 Å². The second-order valence-electron chi connectivity index (χ2n) is 6.85. The van der Waals surface area contributed by atoms with Crippen LogP contribution >= 0.6 is 11.6 Å². The molecule has 1 aromatic heterocycles. The molecule has 5 rings (SSSR count). The van der Waals surface area contributed by atoms with Crippen LogP contribution in [0.5, 0.6) is 11.5 Å². The number of carbonyl (C=O) groups is 2. The Balaban J connectivity index is 1.51. The van der Waals surface area contributed by atoms with Crippen LogP contribution in [0.4, 0.5) is 5.69 Å². The Bertz CT molecular complexity index is 1150. The number of amides is 2. The van der Waals surface area contributed by atoms with Crippen LogP contribution in [0, 0.1) is 0 Å². The lowest BCUT2D eigenvalue weighted by molar-refractivity contribution is 0.0285. The van der Waals surface area contributed by atoms with Crippen LogP contribution in [0.25, 0.3) is 11.0 Å². The summed E-state index contributed by atoms with van der Waals surface area (Å²) in [6.07, 6.45) is 0. The summed E-state index contributed by atoms with van der Waals surface area (Å²) < 4.78 is 21.8. The molecule has 2 aliphatic heterocycles. The molecule has 0 radical (unpaired) electrons. The summed E-state index contributed by atoms with van der Waals surface area (Å²) in [6, 6.07) is 10.2. The Labute approximate surface area is 176 Å². The van der Waals surface area contributed by atoms with E-state index in [1.165, 1.54) is 6.07 Å². The second kappa shape index (κ2) is 7.55. The van der Waals surface area contributed by atoms with Gasteiger partial charge in [-0.1, -0.05) is 23.7 Å². The quantitative estimate of drug-likeness (QED) is 0.686. The number of anilines is 1. The molecule has 154 valence electrons. The van der Waals surface area contributed by atoms with Gasteiger partial charge in [0.2, 0.25) is 12.6 Å². The number of morpholine rings is 1. The van der Waals surface area contributed by atoms with Crippen molar-refractivity contribution in [2.45, 2.75) is 0 Å². The minimum Gasteiger partial charge on any atom is -0.454 e. The van der Waals surface area contributed by atoms with Crippen molar-refractivity contribution in [1.82, 2.24) is 4.90 Å². The zero-order valence-electron chi connectivity index (χ0n) is 15.8. The van der Waals surface area contributed by atoms with E-state index in [-0.39, 0.29) is 29.0 Å². The Morgan fingerprint density at radius 2 is 1.87 bits per heavy atom. The summed E-state index contributed by atoms with van der Waals surface area (Å²) in [5, 5.41) is 3.73. The van der Waals surface area contributed by atoms with Crippen molar-refractivity contribution in [3.05, 3.63) is 52.7 Å².